The number of benzene rings is 3. The number of aromatic amines is 1. The molecule has 0 unspecified atom stereocenters. The molecule has 28 heavy (non-hydrogen) atoms. The average Bonchev–Trinajstić information content (AvgIpc) is 3.05. The smallest absolute Gasteiger partial charge is 0.323 e. The number of halogens is 2. The Balaban J connectivity index is 1.58. The molecule has 0 atom stereocenters. The molecular formula is C20H15F2N5O. The molecule has 8 heteroatoms. The molecule has 1 aromatic heterocycles. The molecule has 5 N–H and O–H groups in total. The van der Waals surface area contributed by atoms with Crippen LogP contribution >= 0.6 is 0 Å². The maximum Gasteiger partial charge on any atom is 0.323 e. The van der Waals surface area contributed by atoms with Crippen LogP contribution in [0.15, 0.2) is 60.7 Å². The molecule has 4 rings (SSSR count). The van der Waals surface area contributed by atoms with Crippen LogP contribution in [0, 0.1) is 11.6 Å². The molecule has 0 fully saturated rings. The van der Waals surface area contributed by atoms with Crippen LogP contribution in [0.3, 0.4) is 0 Å². The number of hydrogen-bond donors (Lipinski definition) is 4. The molecule has 0 aliphatic heterocycles. The summed E-state index contributed by atoms with van der Waals surface area (Å²) in [4.78, 5) is 12.0. The summed E-state index contributed by atoms with van der Waals surface area (Å²) in [6.45, 7) is 0. The van der Waals surface area contributed by atoms with E-state index in [1.54, 1.807) is 6.07 Å². The Morgan fingerprint density at radius 2 is 1.82 bits per heavy atom. The number of nitrogens with two attached hydrogens (primary N) is 1. The van der Waals surface area contributed by atoms with Crippen LogP contribution in [0.25, 0.3) is 22.0 Å². The van der Waals surface area contributed by atoms with Crippen molar-refractivity contribution in [3.05, 3.63) is 72.3 Å². The molecular weight excluding hydrogens is 364 g/mol. The van der Waals surface area contributed by atoms with Crippen molar-refractivity contribution in [2.24, 2.45) is 0 Å². The predicted molar refractivity (Wildman–Crippen MR) is 105 cm³/mol. The third-order valence-corrected chi connectivity index (χ3v) is 4.23. The van der Waals surface area contributed by atoms with E-state index in [1.807, 2.05) is 18.2 Å². The fraction of sp³-hybridized carbons (Fsp3) is 0. The van der Waals surface area contributed by atoms with Gasteiger partial charge in [-0.15, -0.1) is 0 Å². The molecule has 1 heterocycles. The van der Waals surface area contributed by atoms with Crippen LogP contribution < -0.4 is 16.4 Å². The zero-order chi connectivity index (χ0) is 19.7. The van der Waals surface area contributed by atoms with Crippen LogP contribution in [0.2, 0.25) is 0 Å². The van der Waals surface area contributed by atoms with Crippen LogP contribution in [-0.2, 0) is 0 Å². The Morgan fingerprint density at radius 3 is 2.61 bits per heavy atom. The van der Waals surface area contributed by atoms with Crippen molar-refractivity contribution in [2.45, 2.75) is 0 Å². The minimum atomic E-state index is -0.682. The Morgan fingerprint density at radius 1 is 1.00 bits per heavy atom. The van der Waals surface area contributed by atoms with Gasteiger partial charge in [0.25, 0.3) is 0 Å². The van der Waals surface area contributed by atoms with E-state index in [0.29, 0.717) is 16.8 Å². The Bertz CT molecular complexity index is 1190. The summed E-state index contributed by atoms with van der Waals surface area (Å²) in [5.74, 6) is -0.783. The number of hydrogen-bond acceptors (Lipinski definition) is 3. The first-order valence-corrected chi connectivity index (χ1v) is 8.37. The van der Waals surface area contributed by atoms with E-state index >= 15 is 0 Å². The third-order valence-electron chi connectivity index (χ3n) is 4.23. The minimum Gasteiger partial charge on any atom is -0.382 e. The van der Waals surface area contributed by atoms with Gasteiger partial charge in [-0.3, -0.25) is 5.10 Å². The number of anilines is 3. The number of H-pyrrole nitrogens is 1. The van der Waals surface area contributed by atoms with Crippen molar-refractivity contribution in [3.63, 3.8) is 0 Å². The van der Waals surface area contributed by atoms with E-state index < -0.39 is 17.7 Å². The molecule has 0 spiro atoms. The lowest BCUT2D eigenvalue weighted by Gasteiger charge is -2.10. The van der Waals surface area contributed by atoms with Gasteiger partial charge >= 0.3 is 6.03 Å². The number of carbonyl (C=O) groups is 1. The highest BCUT2D eigenvalue weighted by Crippen LogP contribution is 2.32. The van der Waals surface area contributed by atoms with Gasteiger partial charge in [-0.05, 0) is 47.5 Å². The first kappa shape index (κ1) is 17.5. The maximum absolute atomic E-state index is 14.6. The SMILES string of the molecule is Nc1n[nH]c2cccc(-c3ccc(NC(=O)Nc4cccc(F)c4)c(F)c3)c12. The van der Waals surface area contributed by atoms with E-state index in [-0.39, 0.29) is 11.4 Å². The molecule has 6 nitrogen and oxygen atoms in total. The first-order chi connectivity index (χ1) is 13.5. The van der Waals surface area contributed by atoms with Gasteiger partial charge in [0.15, 0.2) is 5.82 Å². The van der Waals surface area contributed by atoms with Crippen molar-refractivity contribution in [1.82, 2.24) is 10.2 Å². The molecule has 0 radical (unpaired) electrons. The summed E-state index contributed by atoms with van der Waals surface area (Å²) in [7, 11) is 0. The van der Waals surface area contributed by atoms with Crippen LogP contribution in [0.1, 0.15) is 0 Å². The average molecular weight is 379 g/mol. The Kier molecular flexibility index (Phi) is 4.36. The lowest BCUT2D eigenvalue weighted by molar-refractivity contribution is 0.262. The van der Waals surface area contributed by atoms with Gasteiger partial charge in [0, 0.05) is 5.69 Å². The molecule has 0 bridgehead atoms. The molecule has 0 aliphatic carbocycles. The normalized spacial score (nSPS) is 10.8. The predicted octanol–water partition coefficient (Wildman–Crippen LogP) is 4.73. The second-order valence-electron chi connectivity index (χ2n) is 6.12. The molecule has 3 aromatic carbocycles. The van der Waals surface area contributed by atoms with Crippen molar-refractivity contribution in [2.75, 3.05) is 16.4 Å². The molecule has 2 amide bonds. The second-order valence-corrected chi connectivity index (χ2v) is 6.12. The molecule has 140 valence electrons. The van der Waals surface area contributed by atoms with Crippen molar-refractivity contribution in [1.29, 1.82) is 0 Å². The third kappa shape index (κ3) is 3.35. The largest absolute Gasteiger partial charge is 0.382 e. The number of fused-ring (bicyclic) bond motifs is 1. The fourth-order valence-electron chi connectivity index (χ4n) is 2.97. The second kappa shape index (κ2) is 6.99. The number of amides is 2. The monoisotopic (exact) mass is 379 g/mol. The zero-order valence-electron chi connectivity index (χ0n) is 14.5. The minimum absolute atomic E-state index is 0.00927. The zero-order valence-corrected chi connectivity index (χ0v) is 14.5. The number of urea groups is 1. The van der Waals surface area contributed by atoms with Gasteiger partial charge in [0.2, 0.25) is 0 Å². The van der Waals surface area contributed by atoms with Gasteiger partial charge in [-0.25, -0.2) is 13.6 Å². The summed E-state index contributed by atoms with van der Waals surface area (Å²) >= 11 is 0. The highest BCUT2D eigenvalue weighted by atomic mass is 19.1. The highest BCUT2D eigenvalue weighted by molar-refractivity contribution is 6.02. The summed E-state index contributed by atoms with van der Waals surface area (Å²) < 4.78 is 27.8. The molecule has 0 saturated carbocycles. The highest BCUT2D eigenvalue weighted by Gasteiger charge is 2.13. The molecule has 0 aliphatic rings. The van der Waals surface area contributed by atoms with Crippen molar-refractivity contribution < 1.29 is 13.6 Å². The standard InChI is InChI=1S/C20H15F2N5O/c21-12-3-1-4-13(10-12)24-20(28)25-16-8-7-11(9-15(16)22)14-5-2-6-17-18(14)19(23)27-26-17/h1-10H,(H3,23,26,27)(H2,24,25,28). The quantitative estimate of drug-likeness (QED) is 0.414. The van der Waals surface area contributed by atoms with Crippen molar-refractivity contribution in [3.8, 4) is 11.1 Å². The number of nitrogens with zero attached hydrogens (tertiary/aromatic N) is 1. The van der Waals surface area contributed by atoms with Crippen molar-refractivity contribution >= 4 is 34.1 Å². The van der Waals surface area contributed by atoms with Crippen LogP contribution in [0.5, 0.6) is 0 Å². The van der Waals surface area contributed by atoms with Crippen LogP contribution in [-0.4, -0.2) is 16.2 Å². The number of carbonyl (C=O) groups excluding carboxylic acids is 1. The fourth-order valence-corrected chi connectivity index (χ4v) is 2.97. The summed E-state index contributed by atoms with van der Waals surface area (Å²) in [5.41, 5.74) is 8.21. The maximum atomic E-state index is 14.6. The molecule has 0 saturated heterocycles. The number of rotatable bonds is 3. The van der Waals surface area contributed by atoms with E-state index in [1.165, 1.54) is 30.3 Å². The van der Waals surface area contributed by atoms with Gasteiger partial charge < -0.3 is 16.4 Å². The van der Waals surface area contributed by atoms with Gasteiger partial charge in [0.05, 0.1) is 16.6 Å². The summed E-state index contributed by atoms with van der Waals surface area (Å²) in [5, 5.41) is 12.3. The van der Waals surface area contributed by atoms with E-state index in [9.17, 15) is 13.6 Å². The Labute approximate surface area is 158 Å². The molecule has 4 aromatic rings. The number of nitrogen functional groups attached to an aromatic ring is 1. The number of aromatic nitrogens is 2. The topological polar surface area (TPSA) is 95.8 Å². The summed E-state index contributed by atoms with van der Waals surface area (Å²) in [6.07, 6.45) is 0. The van der Waals surface area contributed by atoms with E-state index in [4.69, 9.17) is 5.73 Å². The van der Waals surface area contributed by atoms with Crippen LogP contribution in [0.4, 0.5) is 30.8 Å². The van der Waals surface area contributed by atoms with E-state index in [0.717, 1.165) is 17.1 Å². The summed E-state index contributed by atoms with van der Waals surface area (Å²) in [6, 6.07) is 14.6. The Hall–Kier alpha value is -3.94. The number of nitrogens with one attached hydrogen (secondary N) is 3. The lowest BCUT2D eigenvalue weighted by Crippen LogP contribution is -2.20. The first-order valence-electron chi connectivity index (χ1n) is 8.37. The van der Waals surface area contributed by atoms with Gasteiger partial charge in [0.1, 0.15) is 11.6 Å². The van der Waals surface area contributed by atoms with Gasteiger partial charge in [-0.2, -0.15) is 5.10 Å². The van der Waals surface area contributed by atoms with Gasteiger partial charge in [-0.1, -0.05) is 24.3 Å². The lowest BCUT2D eigenvalue weighted by atomic mass is 10.0. The van der Waals surface area contributed by atoms with E-state index in [2.05, 4.69) is 20.8 Å².